The summed E-state index contributed by atoms with van der Waals surface area (Å²) < 4.78 is 0. The van der Waals surface area contributed by atoms with E-state index in [9.17, 15) is 33.6 Å². The number of rotatable bonds is 14. The normalized spacial score (nSPS) is 10.8. The Labute approximate surface area is 175 Å². The third-order valence-electron chi connectivity index (χ3n) is 3.18. The monoisotopic (exact) mass is 447 g/mol. The first kappa shape index (κ1) is 27.2. The molecule has 0 aromatic carbocycles. The summed E-state index contributed by atoms with van der Waals surface area (Å²) in [5.74, 6) is -5.60. The Balaban J connectivity index is 3.91. The first-order valence-electron chi connectivity index (χ1n) is 8.74. The van der Waals surface area contributed by atoms with Crippen molar-refractivity contribution in [3.8, 4) is 0 Å². The van der Waals surface area contributed by atoms with Crippen LogP contribution in [0.4, 0.5) is 0 Å². The van der Waals surface area contributed by atoms with E-state index in [0.29, 0.717) is 0 Å². The van der Waals surface area contributed by atoms with Gasteiger partial charge in [0.15, 0.2) is 0 Å². The van der Waals surface area contributed by atoms with Crippen molar-refractivity contribution in [2.75, 3.05) is 45.9 Å². The number of carboxylic acids is 1. The van der Waals surface area contributed by atoms with Crippen LogP contribution in [0.5, 0.6) is 0 Å². The Hall–Kier alpha value is -3.79. The van der Waals surface area contributed by atoms with Crippen LogP contribution in [0.25, 0.3) is 0 Å². The van der Waals surface area contributed by atoms with E-state index in [1.54, 1.807) is 0 Å². The number of carbonyl (C=O) groups excluding carboxylic acids is 6. The summed E-state index contributed by atoms with van der Waals surface area (Å²) >= 11 is 0. The Kier molecular flexibility index (Phi) is 13.3. The molecule has 0 saturated carbocycles. The molecular formula is C15H25N7O9. The maximum atomic E-state index is 11.6. The standard InChI is InChI=1S/C15H25N7O9/c16-8(7-23)15(31)22-5-13(28)20-3-11(26)18-1-9(24)17-2-10(25)19-4-12(27)21-6-14(29)30/h8,23H,1-7,16H2,(H,17,24)(H,18,26)(H,19,25)(H,20,28)(H,21,27)(H,22,31)(H,29,30). The molecule has 0 bridgehead atoms. The van der Waals surface area contributed by atoms with Crippen LogP contribution in [0.2, 0.25) is 0 Å². The van der Waals surface area contributed by atoms with Crippen molar-refractivity contribution < 1.29 is 43.8 Å². The molecule has 0 aliphatic heterocycles. The fraction of sp³-hybridized carbons (Fsp3) is 0.533. The maximum Gasteiger partial charge on any atom is 0.322 e. The second-order valence-corrected chi connectivity index (χ2v) is 5.78. The van der Waals surface area contributed by atoms with Crippen LogP contribution in [0.15, 0.2) is 0 Å². The van der Waals surface area contributed by atoms with Gasteiger partial charge >= 0.3 is 5.97 Å². The fourth-order valence-corrected chi connectivity index (χ4v) is 1.58. The maximum absolute atomic E-state index is 11.6. The molecule has 1 unspecified atom stereocenters. The molecule has 1 atom stereocenters. The molecule has 16 nitrogen and oxygen atoms in total. The number of hydrogen-bond acceptors (Lipinski definition) is 9. The summed E-state index contributed by atoms with van der Waals surface area (Å²) in [5, 5.41) is 29.9. The summed E-state index contributed by atoms with van der Waals surface area (Å²) in [6.07, 6.45) is 0. The van der Waals surface area contributed by atoms with Crippen molar-refractivity contribution in [1.82, 2.24) is 31.9 Å². The van der Waals surface area contributed by atoms with Crippen LogP contribution in [0, 0.1) is 0 Å². The second kappa shape index (κ2) is 15.1. The van der Waals surface area contributed by atoms with Crippen LogP contribution in [0.1, 0.15) is 0 Å². The third-order valence-corrected chi connectivity index (χ3v) is 3.18. The predicted octanol–water partition coefficient (Wildman–Crippen LogP) is -6.91. The Morgan fingerprint density at radius 3 is 1.16 bits per heavy atom. The molecular weight excluding hydrogens is 422 g/mol. The third kappa shape index (κ3) is 14.8. The van der Waals surface area contributed by atoms with Crippen molar-refractivity contribution >= 4 is 41.4 Å². The van der Waals surface area contributed by atoms with Gasteiger partial charge in [-0.3, -0.25) is 33.6 Å². The number of aliphatic hydroxyl groups excluding tert-OH is 1. The highest BCUT2D eigenvalue weighted by atomic mass is 16.4. The minimum Gasteiger partial charge on any atom is -0.480 e. The molecule has 0 radical (unpaired) electrons. The van der Waals surface area contributed by atoms with Crippen molar-refractivity contribution in [2.45, 2.75) is 6.04 Å². The van der Waals surface area contributed by atoms with Gasteiger partial charge in [0.05, 0.1) is 39.3 Å². The van der Waals surface area contributed by atoms with Gasteiger partial charge in [-0.2, -0.15) is 0 Å². The number of hydrogen-bond donors (Lipinski definition) is 9. The second-order valence-electron chi connectivity index (χ2n) is 5.78. The zero-order valence-electron chi connectivity index (χ0n) is 16.4. The van der Waals surface area contributed by atoms with Gasteiger partial charge in [-0.25, -0.2) is 0 Å². The minimum atomic E-state index is -1.25. The molecule has 31 heavy (non-hydrogen) atoms. The molecule has 0 aromatic heterocycles. The SMILES string of the molecule is NC(CO)C(=O)NCC(=O)NCC(=O)NCC(=O)NCC(=O)NCC(=O)NCC(=O)O. The lowest BCUT2D eigenvalue weighted by atomic mass is 10.3. The van der Waals surface area contributed by atoms with Gasteiger partial charge in [0.1, 0.15) is 12.6 Å². The van der Waals surface area contributed by atoms with E-state index in [1.165, 1.54) is 0 Å². The fourth-order valence-electron chi connectivity index (χ4n) is 1.58. The molecule has 0 aromatic rings. The number of carboxylic acid groups (broad SMARTS) is 1. The average molecular weight is 447 g/mol. The average Bonchev–Trinajstić information content (AvgIpc) is 2.74. The van der Waals surface area contributed by atoms with Gasteiger partial charge in [0.25, 0.3) is 0 Å². The molecule has 174 valence electrons. The number of aliphatic hydroxyl groups is 1. The first-order valence-corrected chi connectivity index (χ1v) is 8.74. The van der Waals surface area contributed by atoms with E-state index in [-0.39, 0.29) is 0 Å². The zero-order chi connectivity index (χ0) is 23.8. The Morgan fingerprint density at radius 1 is 0.581 bits per heavy atom. The highest BCUT2D eigenvalue weighted by Gasteiger charge is 2.14. The zero-order valence-corrected chi connectivity index (χ0v) is 16.4. The van der Waals surface area contributed by atoms with Crippen molar-refractivity contribution in [2.24, 2.45) is 5.73 Å². The van der Waals surface area contributed by atoms with Crippen molar-refractivity contribution in [3.05, 3.63) is 0 Å². The summed E-state index contributed by atoms with van der Waals surface area (Å²) in [6.45, 7) is -3.62. The first-order chi connectivity index (χ1) is 14.5. The van der Waals surface area contributed by atoms with Gasteiger partial charge in [0.2, 0.25) is 35.4 Å². The smallest absolute Gasteiger partial charge is 0.322 e. The molecule has 0 aliphatic rings. The van der Waals surface area contributed by atoms with Gasteiger partial charge in [0, 0.05) is 0 Å². The van der Waals surface area contributed by atoms with E-state index in [4.69, 9.17) is 15.9 Å². The molecule has 0 aliphatic carbocycles. The molecule has 10 N–H and O–H groups in total. The highest BCUT2D eigenvalue weighted by Crippen LogP contribution is 1.76. The number of nitrogens with one attached hydrogen (secondary N) is 6. The van der Waals surface area contributed by atoms with Gasteiger partial charge in [-0.1, -0.05) is 0 Å². The molecule has 0 spiro atoms. The van der Waals surface area contributed by atoms with E-state index >= 15 is 0 Å². The topological polar surface area (TPSA) is 258 Å². The lowest BCUT2D eigenvalue weighted by Crippen LogP contribution is -2.48. The molecule has 16 heteroatoms. The molecule has 0 fully saturated rings. The van der Waals surface area contributed by atoms with Crippen LogP contribution in [0.3, 0.4) is 0 Å². The van der Waals surface area contributed by atoms with Crippen molar-refractivity contribution in [3.63, 3.8) is 0 Å². The largest absolute Gasteiger partial charge is 0.480 e. The van der Waals surface area contributed by atoms with E-state index in [1.807, 2.05) is 5.32 Å². The number of amides is 6. The highest BCUT2D eigenvalue weighted by molar-refractivity contribution is 5.92. The quantitative estimate of drug-likeness (QED) is 0.121. The van der Waals surface area contributed by atoms with Gasteiger partial charge in [-0.15, -0.1) is 0 Å². The lowest BCUT2D eigenvalue weighted by molar-refractivity contribution is -0.137. The van der Waals surface area contributed by atoms with Gasteiger partial charge < -0.3 is 47.8 Å². The van der Waals surface area contributed by atoms with Crippen LogP contribution >= 0.6 is 0 Å². The molecule has 0 saturated heterocycles. The molecule has 6 amide bonds. The van der Waals surface area contributed by atoms with Crippen LogP contribution in [-0.4, -0.2) is 104 Å². The Bertz CT molecular complexity index is 698. The van der Waals surface area contributed by atoms with Crippen LogP contribution < -0.4 is 37.6 Å². The summed E-state index contributed by atoms with van der Waals surface area (Å²) in [5.41, 5.74) is 5.23. The minimum absolute atomic E-state index is 0.469. The predicted molar refractivity (Wildman–Crippen MR) is 101 cm³/mol. The van der Waals surface area contributed by atoms with Crippen molar-refractivity contribution in [1.29, 1.82) is 0 Å². The summed E-state index contributed by atoms with van der Waals surface area (Å²) in [7, 11) is 0. The number of carbonyl (C=O) groups is 7. The van der Waals surface area contributed by atoms with E-state index in [2.05, 4.69) is 26.6 Å². The van der Waals surface area contributed by atoms with Crippen LogP contribution in [-0.2, 0) is 33.6 Å². The lowest BCUT2D eigenvalue weighted by Gasteiger charge is -2.10. The van der Waals surface area contributed by atoms with Gasteiger partial charge in [-0.05, 0) is 0 Å². The molecule has 0 heterocycles. The summed E-state index contributed by atoms with van der Waals surface area (Å²) in [6, 6.07) is -1.18. The van der Waals surface area contributed by atoms with E-state index in [0.717, 1.165) is 0 Å². The Morgan fingerprint density at radius 2 is 0.871 bits per heavy atom. The number of aliphatic carboxylic acids is 1. The number of nitrogens with two attached hydrogens (primary N) is 1. The summed E-state index contributed by atoms with van der Waals surface area (Å²) in [4.78, 5) is 78.8. The molecule has 0 rings (SSSR count). The van der Waals surface area contributed by atoms with E-state index < -0.39 is 93.3 Å².